The zero-order valence-corrected chi connectivity index (χ0v) is 11.2. The number of carboxylic acids is 1. The van der Waals surface area contributed by atoms with Gasteiger partial charge in [-0.15, -0.1) is 0 Å². The lowest BCUT2D eigenvalue weighted by Gasteiger charge is -2.44. The van der Waals surface area contributed by atoms with E-state index in [-0.39, 0.29) is 13.2 Å². The molecule has 1 aliphatic rings. The van der Waals surface area contributed by atoms with E-state index in [1.165, 1.54) is 0 Å². The summed E-state index contributed by atoms with van der Waals surface area (Å²) in [6.45, 7) is -1.11. The Hall–Kier alpha value is -0.850. The molecule has 0 aromatic carbocycles. The third-order valence-corrected chi connectivity index (χ3v) is 3.33. The molecule has 8 N–H and O–H groups in total. The second-order valence-electron chi connectivity index (χ2n) is 4.89. The highest BCUT2D eigenvalue weighted by atomic mass is 16.7. The minimum Gasteiger partial charge on any atom is -0.477 e. The lowest BCUT2D eigenvalue weighted by Crippen LogP contribution is -2.67. The first-order chi connectivity index (χ1) is 9.76. The van der Waals surface area contributed by atoms with Crippen LogP contribution in [0.5, 0.6) is 0 Å². The molecule has 0 saturated carbocycles. The van der Waals surface area contributed by atoms with E-state index < -0.39 is 55.2 Å². The zero-order valence-electron chi connectivity index (χ0n) is 11.2. The van der Waals surface area contributed by atoms with E-state index >= 15 is 0 Å². The molecule has 3 unspecified atom stereocenters. The Morgan fingerprint density at radius 3 is 2.48 bits per heavy atom. The molecule has 0 aromatic rings. The van der Waals surface area contributed by atoms with Crippen LogP contribution in [0.15, 0.2) is 0 Å². The molecule has 0 aliphatic carbocycles. The van der Waals surface area contributed by atoms with E-state index in [0.717, 1.165) is 0 Å². The van der Waals surface area contributed by atoms with Crippen LogP contribution < -0.4 is 5.32 Å². The molecule has 1 aliphatic heterocycles. The van der Waals surface area contributed by atoms with Gasteiger partial charge < -0.3 is 45.8 Å². The first-order valence-electron chi connectivity index (χ1n) is 6.39. The maximum absolute atomic E-state index is 11.0. The highest BCUT2D eigenvalue weighted by molar-refractivity contribution is 5.75. The molecule has 10 heteroatoms. The second kappa shape index (κ2) is 7.42. The maximum Gasteiger partial charge on any atom is 0.364 e. The van der Waals surface area contributed by atoms with Gasteiger partial charge in [0.1, 0.15) is 18.3 Å². The smallest absolute Gasteiger partial charge is 0.364 e. The van der Waals surface area contributed by atoms with Crippen molar-refractivity contribution >= 4 is 5.97 Å². The summed E-state index contributed by atoms with van der Waals surface area (Å²) in [5.74, 6) is -4.48. The van der Waals surface area contributed by atoms with E-state index in [4.69, 9.17) is 20.1 Å². The monoisotopic (exact) mass is 311 g/mol. The van der Waals surface area contributed by atoms with Gasteiger partial charge in [0.15, 0.2) is 0 Å². The van der Waals surface area contributed by atoms with Crippen LogP contribution >= 0.6 is 0 Å². The molecular weight excluding hydrogens is 290 g/mol. The number of nitrogens with one attached hydrogen (secondary N) is 1. The number of hydrogen-bond donors (Lipinski definition) is 8. The van der Waals surface area contributed by atoms with Crippen LogP contribution in [0.1, 0.15) is 6.42 Å². The summed E-state index contributed by atoms with van der Waals surface area (Å²) in [7, 11) is 0. The van der Waals surface area contributed by atoms with Crippen molar-refractivity contribution in [2.24, 2.45) is 0 Å². The van der Waals surface area contributed by atoms with Crippen molar-refractivity contribution in [3.63, 3.8) is 0 Å². The average Bonchev–Trinajstić information content (AvgIpc) is 2.44. The number of aliphatic carboxylic acids is 1. The molecule has 0 aromatic heterocycles. The van der Waals surface area contributed by atoms with Crippen molar-refractivity contribution in [1.82, 2.24) is 5.32 Å². The van der Waals surface area contributed by atoms with Crippen LogP contribution in [0.3, 0.4) is 0 Å². The van der Waals surface area contributed by atoms with Crippen LogP contribution in [0.25, 0.3) is 0 Å². The summed E-state index contributed by atoms with van der Waals surface area (Å²) in [4.78, 5) is 11.0. The van der Waals surface area contributed by atoms with E-state index in [0.29, 0.717) is 0 Å². The Morgan fingerprint density at radius 1 is 1.38 bits per heavy atom. The molecule has 6 atom stereocenters. The summed E-state index contributed by atoms with van der Waals surface area (Å²) in [5, 5.41) is 68.3. The number of aliphatic hydroxyl groups excluding tert-OH is 5. The Morgan fingerprint density at radius 2 is 2.00 bits per heavy atom. The lowest BCUT2D eigenvalue weighted by molar-refractivity contribution is -0.295. The van der Waals surface area contributed by atoms with Gasteiger partial charge >= 0.3 is 5.97 Å². The number of rotatable bonds is 7. The van der Waals surface area contributed by atoms with E-state index in [1.807, 2.05) is 0 Å². The van der Waals surface area contributed by atoms with Crippen LogP contribution in [0.4, 0.5) is 0 Å². The summed E-state index contributed by atoms with van der Waals surface area (Å²) in [6.07, 6.45) is -7.01. The van der Waals surface area contributed by atoms with Crippen LogP contribution in [-0.4, -0.2) is 97.7 Å². The molecule has 1 rings (SSSR count). The van der Waals surface area contributed by atoms with Gasteiger partial charge in [-0.3, -0.25) is 0 Å². The molecule has 0 amide bonds. The third kappa shape index (κ3) is 4.08. The predicted molar refractivity (Wildman–Crippen MR) is 66.1 cm³/mol. The third-order valence-electron chi connectivity index (χ3n) is 3.33. The fourth-order valence-electron chi connectivity index (χ4n) is 2.21. The van der Waals surface area contributed by atoms with Gasteiger partial charge in [-0.25, -0.2) is 4.79 Å². The van der Waals surface area contributed by atoms with Gasteiger partial charge in [-0.05, 0) is 0 Å². The van der Waals surface area contributed by atoms with Gasteiger partial charge in [0.2, 0.25) is 0 Å². The minimum atomic E-state index is -2.72. The molecule has 0 spiro atoms. The Balaban J connectivity index is 2.99. The van der Waals surface area contributed by atoms with Crippen molar-refractivity contribution in [2.45, 2.75) is 42.7 Å². The van der Waals surface area contributed by atoms with Gasteiger partial charge in [0.05, 0.1) is 25.4 Å². The number of hydrogen-bond acceptors (Lipinski definition) is 9. The zero-order chi connectivity index (χ0) is 16.2. The first kappa shape index (κ1) is 18.2. The normalized spacial score (nSPS) is 36.2. The molecule has 0 bridgehead atoms. The first-order valence-corrected chi connectivity index (χ1v) is 6.39. The van der Waals surface area contributed by atoms with Crippen LogP contribution in [-0.2, 0) is 9.53 Å². The number of carboxylic acid groups (broad SMARTS) is 1. The molecule has 1 fully saturated rings. The average molecular weight is 311 g/mol. The highest BCUT2D eigenvalue weighted by Gasteiger charge is 2.53. The topological polar surface area (TPSA) is 180 Å². The molecule has 1 saturated heterocycles. The van der Waals surface area contributed by atoms with Gasteiger partial charge in [0.25, 0.3) is 5.79 Å². The second-order valence-corrected chi connectivity index (χ2v) is 4.89. The standard InChI is InChI=1S/C11H21NO9/c13-2-1-12-7-5(15)3-11(20,10(18)19)21-9(7)8(17)6(16)4-14/h5-9,12-17,20H,1-4H2,(H,18,19)/t5-,6?,7+,8?,9+,11?/m0/s1. The summed E-state index contributed by atoms with van der Waals surface area (Å²) < 4.78 is 4.93. The van der Waals surface area contributed by atoms with E-state index in [2.05, 4.69) is 5.32 Å². The Labute approximate surface area is 120 Å². The SMILES string of the molecule is O=C(O)C1(O)C[C@H](O)[C@@H](NCCO)[C@H](C(O)C(O)CO)O1. The largest absolute Gasteiger partial charge is 0.477 e. The molecule has 0 radical (unpaired) electrons. The lowest BCUT2D eigenvalue weighted by atomic mass is 9.88. The Kier molecular flexibility index (Phi) is 6.43. The van der Waals surface area contributed by atoms with Crippen molar-refractivity contribution in [1.29, 1.82) is 0 Å². The van der Waals surface area contributed by atoms with Gasteiger partial charge in [-0.1, -0.05) is 0 Å². The summed E-state index contributed by atoms with van der Waals surface area (Å²) >= 11 is 0. The number of carbonyl (C=O) groups is 1. The Bertz CT molecular complexity index is 355. The predicted octanol–water partition coefficient (Wildman–Crippen LogP) is -4.43. The van der Waals surface area contributed by atoms with Gasteiger partial charge in [-0.2, -0.15) is 0 Å². The van der Waals surface area contributed by atoms with Crippen LogP contribution in [0.2, 0.25) is 0 Å². The number of aliphatic hydroxyl groups is 6. The molecule has 21 heavy (non-hydrogen) atoms. The van der Waals surface area contributed by atoms with Crippen molar-refractivity contribution in [2.75, 3.05) is 19.8 Å². The maximum atomic E-state index is 11.0. The van der Waals surface area contributed by atoms with E-state index in [1.54, 1.807) is 0 Å². The van der Waals surface area contributed by atoms with Gasteiger partial charge in [0, 0.05) is 13.0 Å². The number of ether oxygens (including phenoxy) is 1. The van der Waals surface area contributed by atoms with Crippen molar-refractivity contribution < 1.29 is 45.3 Å². The molecular formula is C11H21NO9. The van der Waals surface area contributed by atoms with Crippen molar-refractivity contribution in [3.8, 4) is 0 Å². The van der Waals surface area contributed by atoms with Crippen LogP contribution in [0, 0.1) is 0 Å². The minimum absolute atomic E-state index is 0.00896. The molecule has 1 heterocycles. The van der Waals surface area contributed by atoms with E-state index in [9.17, 15) is 25.2 Å². The fraction of sp³-hybridized carbons (Fsp3) is 0.909. The molecule has 124 valence electrons. The molecule has 10 nitrogen and oxygen atoms in total. The quantitative estimate of drug-likeness (QED) is 0.228. The summed E-state index contributed by atoms with van der Waals surface area (Å²) in [6, 6.07) is -1.05. The summed E-state index contributed by atoms with van der Waals surface area (Å²) in [5.41, 5.74) is 0. The fourth-order valence-corrected chi connectivity index (χ4v) is 2.21. The van der Waals surface area contributed by atoms with Crippen molar-refractivity contribution in [3.05, 3.63) is 0 Å². The highest BCUT2D eigenvalue weighted by Crippen LogP contribution is 2.30.